The fourth-order valence-corrected chi connectivity index (χ4v) is 3.30. The summed E-state index contributed by atoms with van der Waals surface area (Å²) in [5.41, 5.74) is 2.71. The largest absolute Gasteiger partial charge is 0.338 e. The topological polar surface area (TPSA) is 79.3 Å². The number of unbranched alkanes of at least 4 members (excludes halogenated alkanes) is 1. The molecule has 3 amide bonds. The Bertz CT molecular complexity index is 927. The number of benzene rings is 1. The molecule has 0 saturated carbocycles. The number of rotatable bonds is 10. The Morgan fingerprint density at radius 2 is 1.91 bits per heavy atom. The van der Waals surface area contributed by atoms with Crippen molar-refractivity contribution in [2.24, 2.45) is 5.92 Å². The molecule has 2 aromatic rings. The van der Waals surface area contributed by atoms with E-state index in [2.05, 4.69) is 52.2 Å². The summed E-state index contributed by atoms with van der Waals surface area (Å²) >= 11 is 0. The zero-order valence-electron chi connectivity index (χ0n) is 21.4. The van der Waals surface area contributed by atoms with Crippen LogP contribution in [-0.4, -0.2) is 46.3 Å². The number of anilines is 1. The fraction of sp³-hybridized carbons (Fsp3) is 0.577. The van der Waals surface area contributed by atoms with Crippen molar-refractivity contribution in [1.82, 2.24) is 20.0 Å². The van der Waals surface area contributed by atoms with Crippen LogP contribution in [0.2, 0.25) is 0 Å². The summed E-state index contributed by atoms with van der Waals surface area (Å²) in [6, 6.07) is 9.73. The number of urea groups is 1. The molecule has 0 fully saturated rings. The van der Waals surface area contributed by atoms with Crippen LogP contribution < -0.4 is 10.6 Å². The van der Waals surface area contributed by atoms with E-state index < -0.39 is 0 Å². The summed E-state index contributed by atoms with van der Waals surface area (Å²) in [4.78, 5) is 27.3. The normalized spacial score (nSPS) is 11.5. The van der Waals surface area contributed by atoms with Crippen LogP contribution in [0.5, 0.6) is 0 Å². The Labute approximate surface area is 198 Å². The molecule has 1 aromatic carbocycles. The molecule has 7 heteroatoms. The Morgan fingerprint density at radius 3 is 2.52 bits per heavy atom. The van der Waals surface area contributed by atoms with Gasteiger partial charge >= 0.3 is 6.03 Å². The molecule has 7 nitrogen and oxygen atoms in total. The Balaban J connectivity index is 2.23. The van der Waals surface area contributed by atoms with Crippen molar-refractivity contribution < 1.29 is 9.59 Å². The lowest BCUT2D eigenvalue weighted by molar-refractivity contribution is -0.116. The Kier molecular flexibility index (Phi) is 9.50. The van der Waals surface area contributed by atoms with Gasteiger partial charge in [0.15, 0.2) is 0 Å². The molecule has 0 unspecified atom stereocenters. The molecule has 0 aliphatic heterocycles. The van der Waals surface area contributed by atoms with E-state index in [-0.39, 0.29) is 23.9 Å². The van der Waals surface area contributed by atoms with E-state index in [1.807, 2.05) is 37.3 Å². The first kappa shape index (κ1) is 26.4. The van der Waals surface area contributed by atoms with Crippen LogP contribution in [0.15, 0.2) is 30.3 Å². The van der Waals surface area contributed by atoms with Gasteiger partial charge in [-0.15, -0.1) is 0 Å². The van der Waals surface area contributed by atoms with E-state index >= 15 is 0 Å². The maximum absolute atomic E-state index is 13.0. The van der Waals surface area contributed by atoms with E-state index in [1.54, 1.807) is 9.58 Å². The van der Waals surface area contributed by atoms with Crippen LogP contribution in [0.3, 0.4) is 0 Å². The van der Waals surface area contributed by atoms with Crippen LogP contribution in [0.1, 0.15) is 72.1 Å². The molecule has 2 rings (SSSR count). The Hall–Kier alpha value is -2.83. The number of hydrogen-bond acceptors (Lipinski definition) is 3. The van der Waals surface area contributed by atoms with Gasteiger partial charge in [-0.1, -0.05) is 60.1 Å². The first-order chi connectivity index (χ1) is 15.5. The summed E-state index contributed by atoms with van der Waals surface area (Å²) in [6.45, 7) is 15.8. The van der Waals surface area contributed by atoms with Crippen molar-refractivity contribution >= 4 is 17.8 Å². The average molecular weight is 456 g/mol. The van der Waals surface area contributed by atoms with Crippen LogP contribution in [0.4, 0.5) is 10.6 Å². The second-order valence-corrected chi connectivity index (χ2v) is 10.2. The molecule has 1 aromatic heterocycles. The van der Waals surface area contributed by atoms with Crippen molar-refractivity contribution in [3.63, 3.8) is 0 Å². The highest BCUT2D eigenvalue weighted by Gasteiger charge is 2.23. The van der Waals surface area contributed by atoms with Gasteiger partial charge in [-0.2, -0.15) is 5.10 Å². The van der Waals surface area contributed by atoms with Crippen LogP contribution in [0.25, 0.3) is 5.69 Å². The molecular formula is C26H41N5O2. The zero-order valence-corrected chi connectivity index (χ0v) is 21.4. The third-order valence-electron chi connectivity index (χ3n) is 5.40. The van der Waals surface area contributed by atoms with E-state index in [1.165, 1.54) is 0 Å². The maximum Gasteiger partial charge on any atom is 0.317 e. The molecule has 1 heterocycles. The zero-order chi connectivity index (χ0) is 24.6. The van der Waals surface area contributed by atoms with E-state index in [0.717, 1.165) is 36.2 Å². The lowest BCUT2D eigenvalue weighted by atomic mass is 9.92. The number of nitrogens with zero attached hydrogens (tertiary/aromatic N) is 3. The molecule has 0 atom stereocenters. The molecular weight excluding hydrogens is 414 g/mol. The summed E-state index contributed by atoms with van der Waals surface area (Å²) in [6.07, 6.45) is 2.76. The molecule has 0 saturated heterocycles. The predicted molar refractivity (Wildman–Crippen MR) is 135 cm³/mol. The van der Waals surface area contributed by atoms with Crippen molar-refractivity contribution in [1.29, 1.82) is 0 Å². The third-order valence-corrected chi connectivity index (χ3v) is 5.40. The highest BCUT2D eigenvalue weighted by Crippen LogP contribution is 2.26. The van der Waals surface area contributed by atoms with Gasteiger partial charge in [-0.25, -0.2) is 9.48 Å². The summed E-state index contributed by atoms with van der Waals surface area (Å²) in [5, 5.41) is 10.7. The monoisotopic (exact) mass is 455 g/mol. The van der Waals surface area contributed by atoms with Gasteiger partial charge in [0.05, 0.1) is 11.4 Å². The second kappa shape index (κ2) is 11.9. The van der Waals surface area contributed by atoms with Gasteiger partial charge in [0.2, 0.25) is 5.91 Å². The highest BCUT2D eigenvalue weighted by molar-refractivity contribution is 5.94. The first-order valence-corrected chi connectivity index (χ1v) is 12.0. The first-order valence-electron chi connectivity index (χ1n) is 12.0. The molecule has 0 aliphatic rings. The van der Waals surface area contributed by atoms with Gasteiger partial charge in [0.25, 0.3) is 0 Å². The number of nitrogens with one attached hydrogen (secondary N) is 2. The number of aromatic nitrogens is 2. The third kappa shape index (κ3) is 8.22. The number of amides is 3. The number of carbonyl (C=O) groups is 2. The van der Waals surface area contributed by atoms with E-state index in [0.29, 0.717) is 24.8 Å². The molecule has 182 valence electrons. The number of aryl methyl sites for hydroxylation is 1. The highest BCUT2D eigenvalue weighted by atomic mass is 16.2. The van der Waals surface area contributed by atoms with Crippen molar-refractivity contribution in [2.75, 3.05) is 25.0 Å². The van der Waals surface area contributed by atoms with Crippen molar-refractivity contribution in [2.45, 2.75) is 73.1 Å². The minimum Gasteiger partial charge on any atom is -0.338 e. The second-order valence-electron chi connectivity index (χ2n) is 10.2. The number of carbonyl (C=O) groups excluding carboxylic acids is 2. The summed E-state index contributed by atoms with van der Waals surface area (Å²) in [5.74, 6) is 0.806. The van der Waals surface area contributed by atoms with E-state index in [4.69, 9.17) is 5.10 Å². The van der Waals surface area contributed by atoms with Crippen LogP contribution in [0, 0.1) is 12.8 Å². The molecule has 0 spiro atoms. The van der Waals surface area contributed by atoms with Crippen LogP contribution in [-0.2, 0) is 10.2 Å². The Morgan fingerprint density at radius 1 is 1.18 bits per heavy atom. The van der Waals surface area contributed by atoms with E-state index in [9.17, 15) is 9.59 Å². The number of hydrogen-bond donors (Lipinski definition) is 2. The van der Waals surface area contributed by atoms with Crippen molar-refractivity contribution in [3.05, 3.63) is 41.6 Å². The lowest BCUT2D eigenvalue weighted by Crippen LogP contribution is -2.45. The minimum atomic E-state index is -0.237. The minimum absolute atomic E-state index is 0.00543. The SMILES string of the molecule is CCCCNC(=O)N(CCC(C)C)CC(=O)Nc1cc(C(C)(C)C)nn1-c1cccc(C)c1. The molecule has 2 N–H and O–H groups in total. The van der Waals surface area contributed by atoms with Gasteiger partial charge in [0, 0.05) is 24.6 Å². The standard InChI is InChI=1S/C26H41N5O2/c1-8-9-14-27-25(33)30(15-13-19(2)3)18-24(32)28-23-17-22(26(5,6)7)29-31(23)21-12-10-11-20(4)16-21/h10-12,16-17,19H,8-9,13-15,18H2,1-7H3,(H,27,33)(H,28,32). The lowest BCUT2D eigenvalue weighted by Gasteiger charge is -2.23. The van der Waals surface area contributed by atoms with Crippen molar-refractivity contribution in [3.8, 4) is 5.69 Å². The summed E-state index contributed by atoms with van der Waals surface area (Å²) < 4.78 is 1.77. The quantitative estimate of drug-likeness (QED) is 0.479. The molecule has 33 heavy (non-hydrogen) atoms. The van der Waals surface area contributed by atoms with Gasteiger partial charge < -0.3 is 15.5 Å². The van der Waals surface area contributed by atoms with Crippen LogP contribution >= 0.6 is 0 Å². The molecule has 0 bridgehead atoms. The predicted octanol–water partition coefficient (Wildman–Crippen LogP) is 5.27. The smallest absolute Gasteiger partial charge is 0.317 e. The maximum atomic E-state index is 13.0. The fourth-order valence-electron chi connectivity index (χ4n) is 3.30. The van der Waals surface area contributed by atoms with Gasteiger partial charge in [-0.3, -0.25) is 4.79 Å². The molecule has 0 radical (unpaired) electrons. The van der Waals surface area contributed by atoms with Gasteiger partial charge in [-0.05, 0) is 43.4 Å². The van der Waals surface area contributed by atoms with Gasteiger partial charge in [0.1, 0.15) is 12.4 Å². The molecule has 0 aliphatic carbocycles. The summed E-state index contributed by atoms with van der Waals surface area (Å²) in [7, 11) is 0. The average Bonchev–Trinajstić information content (AvgIpc) is 3.15.